The molecule has 0 fully saturated rings. The smallest absolute Gasteiger partial charge is 0.254 e. The van der Waals surface area contributed by atoms with Crippen molar-refractivity contribution in [1.82, 2.24) is 10.3 Å². The first kappa shape index (κ1) is 13.7. The molecule has 0 spiro atoms. The highest BCUT2D eigenvalue weighted by atomic mass is 35.5. The zero-order valence-corrected chi connectivity index (χ0v) is 11.8. The fourth-order valence-electron chi connectivity index (χ4n) is 2.02. The third kappa shape index (κ3) is 3.08. The van der Waals surface area contributed by atoms with E-state index < -0.39 is 0 Å². The zero-order chi connectivity index (χ0) is 14.7. The number of halogens is 1. The summed E-state index contributed by atoms with van der Waals surface area (Å²) in [7, 11) is 0. The molecule has 0 saturated heterocycles. The maximum atomic E-state index is 12.0. The first-order valence-corrected chi connectivity index (χ1v) is 6.89. The minimum atomic E-state index is -0.282. The Kier molecular flexibility index (Phi) is 3.92. The first-order valence-electron chi connectivity index (χ1n) is 6.51. The number of hydrogen-bond donors (Lipinski definition) is 1. The highest BCUT2D eigenvalue weighted by Crippen LogP contribution is 2.30. The Hall–Kier alpha value is -2.27. The summed E-state index contributed by atoms with van der Waals surface area (Å²) in [6.07, 6.45) is 1.30. The van der Waals surface area contributed by atoms with E-state index in [1.807, 2.05) is 24.3 Å². The summed E-state index contributed by atoms with van der Waals surface area (Å²) in [5.74, 6) is 1.12. The third-order valence-electron chi connectivity index (χ3n) is 3.06. The molecule has 1 aliphatic heterocycles. The third-order valence-corrected chi connectivity index (χ3v) is 3.36. The second-order valence-corrected chi connectivity index (χ2v) is 4.91. The van der Waals surface area contributed by atoms with Crippen LogP contribution in [0.25, 0.3) is 0 Å². The molecule has 1 amide bonds. The minimum Gasteiger partial charge on any atom is -0.486 e. The molecule has 1 atom stereocenters. The molecule has 6 heteroatoms. The number of amides is 1. The number of rotatable bonds is 3. The van der Waals surface area contributed by atoms with Crippen LogP contribution < -0.4 is 14.8 Å². The van der Waals surface area contributed by atoms with Crippen LogP contribution in [-0.2, 0) is 0 Å². The number of hydrogen-bond acceptors (Lipinski definition) is 4. The molecule has 1 aromatic heterocycles. The molecular formula is C15H13ClN2O3. The number of aromatic nitrogens is 1. The molecule has 0 bridgehead atoms. The van der Waals surface area contributed by atoms with Gasteiger partial charge in [0.2, 0.25) is 0 Å². The average Bonchev–Trinajstić information content (AvgIpc) is 2.53. The number of carbonyl (C=O) groups excluding carboxylic acids is 1. The molecule has 5 nitrogen and oxygen atoms in total. The van der Waals surface area contributed by atoms with Crippen LogP contribution in [0.15, 0.2) is 42.6 Å². The normalized spacial score (nSPS) is 16.3. The van der Waals surface area contributed by atoms with Gasteiger partial charge in [0.15, 0.2) is 11.5 Å². The van der Waals surface area contributed by atoms with E-state index in [-0.39, 0.29) is 17.2 Å². The number of pyridine rings is 1. The molecule has 2 heterocycles. The molecule has 0 aliphatic carbocycles. The predicted molar refractivity (Wildman–Crippen MR) is 77.9 cm³/mol. The van der Waals surface area contributed by atoms with E-state index >= 15 is 0 Å². The van der Waals surface area contributed by atoms with E-state index in [9.17, 15) is 4.79 Å². The van der Waals surface area contributed by atoms with Crippen LogP contribution in [0.2, 0.25) is 5.15 Å². The van der Waals surface area contributed by atoms with E-state index in [0.717, 1.165) is 5.75 Å². The van der Waals surface area contributed by atoms with Gasteiger partial charge in [0.1, 0.15) is 17.9 Å². The van der Waals surface area contributed by atoms with Crippen molar-refractivity contribution in [2.75, 3.05) is 13.2 Å². The van der Waals surface area contributed by atoms with Crippen molar-refractivity contribution >= 4 is 17.5 Å². The Balaban J connectivity index is 1.59. The Labute approximate surface area is 126 Å². The first-order chi connectivity index (χ1) is 10.2. The quantitative estimate of drug-likeness (QED) is 0.884. The fraction of sp³-hybridized carbons (Fsp3) is 0.200. The van der Waals surface area contributed by atoms with Crippen LogP contribution in [0, 0.1) is 0 Å². The van der Waals surface area contributed by atoms with Gasteiger partial charge in [-0.15, -0.1) is 0 Å². The molecule has 1 unspecified atom stereocenters. The Morgan fingerprint density at radius 3 is 2.90 bits per heavy atom. The molecule has 0 radical (unpaired) electrons. The molecule has 1 aromatic carbocycles. The lowest BCUT2D eigenvalue weighted by Gasteiger charge is -2.26. The van der Waals surface area contributed by atoms with E-state index in [2.05, 4.69) is 10.3 Å². The fourth-order valence-corrected chi connectivity index (χ4v) is 2.23. The van der Waals surface area contributed by atoms with Crippen LogP contribution >= 0.6 is 11.6 Å². The lowest BCUT2D eigenvalue weighted by molar-refractivity contribution is 0.0789. The molecule has 21 heavy (non-hydrogen) atoms. The van der Waals surface area contributed by atoms with Crippen molar-refractivity contribution in [1.29, 1.82) is 0 Å². The summed E-state index contributed by atoms with van der Waals surface area (Å²) < 4.78 is 11.3. The number of carbonyl (C=O) groups is 1. The van der Waals surface area contributed by atoms with Crippen LogP contribution in [0.4, 0.5) is 0 Å². The molecule has 3 rings (SSSR count). The Bertz CT molecular complexity index is 663. The second-order valence-electron chi connectivity index (χ2n) is 4.55. The predicted octanol–water partition coefficient (Wildman–Crippen LogP) is 2.30. The summed E-state index contributed by atoms with van der Waals surface area (Å²) in [6, 6.07) is 10.7. The van der Waals surface area contributed by atoms with Crippen molar-refractivity contribution in [3.8, 4) is 11.5 Å². The van der Waals surface area contributed by atoms with Gasteiger partial charge in [0.25, 0.3) is 5.91 Å². The topological polar surface area (TPSA) is 60.5 Å². The van der Waals surface area contributed by atoms with Crippen molar-refractivity contribution in [2.45, 2.75) is 6.10 Å². The summed E-state index contributed by atoms with van der Waals surface area (Å²) in [5.41, 5.74) is 0.344. The van der Waals surface area contributed by atoms with Gasteiger partial charge in [0.05, 0.1) is 12.1 Å². The number of nitrogens with one attached hydrogen (secondary N) is 1. The van der Waals surface area contributed by atoms with Gasteiger partial charge in [0, 0.05) is 6.20 Å². The number of fused-ring (bicyclic) bond motifs is 1. The number of nitrogens with zero attached hydrogens (tertiary/aromatic N) is 1. The Morgan fingerprint density at radius 1 is 1.29 bits per heavy atom. The largest absolute Gasteiger partial charge is 0.486 e. The van der Waals surface area contributed by atoms with Gasteiger partial charge in [-0.3, -0.25) is 4.79 Å². The number of para-hydroxylation sites is 2. The molecule has 1 N–H and O–H groups in total. The average molecular weight is 305 g/mol. The number of ether oxygens (including phenoxy) is 2. The molecule has 2 aromatic rings. The van der Waals surface area contributed by atoms with Gasteiger partial charge in [-0.25, -0.2) is 4.98 Å². The molecule has 1 aliphatic rings. The Morgan fingerprint density at radius 2 is 2.10 bits per heavy atom. The summed E-state index contributed by atoms with van der Waals surface area (Å²) in [4.78, 5) is 15.9. The van der Waals surface area contributed by atoms with Crippen LogP contribution in [-0.4, -0.2) is 30.1 Å². The standard InChI is InChI=1S/C15H13ClN2O3/c16-14-11(4-3-7-17-14)15(19)18-8-10-9-20-12-5-1-2-6-13(12)21-10/h1-7,10H,8-9H2,(H,18,19). The molecule has 108 valence electrons. The molecule has 0 saturated carbocycles. The van der Waals surface area contributed by atoms with Crippen molar-refractivity contribution < 1.29 is 14.3 Å². The number of benzene rings is 1. The summed E-state index contributed by atoms with van der Waals surface area (Å²) >= 11 is 5.88. The SMILES string of the molecule is O=C(NCC1COc2ccccc2O1)c1cccnc1Cl. The van der Waals surface area contributed by atoms with E-state index in [4.69, 9.17) is 21.1 Å². The second kappa shape index (κ2) is 6.01. The van der Waals surface area contributed by atoms with Crippen LogP contribution in [0.1, 0.15) is 10.4 Å². The van der Waals surface area contributed by atoms with E-state index in [1.165, 1.54) is 6.20 Å². The van der Waals surface area contributed by atoms with Crippen molar-refractivity contribution in [3.63, 3.8) is 0 Å². The monoisotopic (exact) mass is 304 g/mol. The van der Waals surface area contributed by atoms with Crippen LogP contribution in [0.5, 0.6) is 11.5 Å². The summed E-state index contributed by atoms with van der Waals surface area (Å²) in [5, 5.41) is 2.95. The van der Waals surface area contributed by atoms with Gasteiger partial charge < -0.3 is 14.8 Å². The molecular weight excluding hydrogens is 292 g/mol. The van der Waals surface area contributed by atoms with E-state index in [1.54, 1.807) is 12.1 Å². The van der Waals surface area contributed by atoms with Crippen LogP contribution in [0.3, 0.4) is 0 Å². The zero-order valence-electron chi connectivity index (χ0n) is 11.1. The highest BCUT2D eigenvalue weighted by molar-refractivity contribution is 6.32. The maximum absolute atomic E-state index is 12.0. The lowest BCUT2D eigenvalue weighted by Crippen LogP contribution is -2.40. The van der Waals surface area contributed by atoms with Crippen molar-refractivity contribution in [2.24, 2.45) is 0 Å². The van der Waals surface area contributed by atoms with Gasteiger partial charge in [-0.1, -0.05) is 23.7 Å². The lowest BCUT2D eigenvalue weighted by atomic mass is 10.2. The van der Waals surface area contributed by atoms with Gasteiger partial charge in [-0.2, -0.15) is 0 Å². The maximum Gasteiger partial charge on any atom is 0.254 e. The van der Waals surface area contributed by atoms with E-state index in [0.29, 0.717) is 24.5 Å². The highest BCUT2D eigenvalue weighted by Gasteiger charge is 2.21. The van der Waals surface area contributed by atoms with Crippen molar-refractivity contribution in [3.05, 3.63) is 53.3 Å². The minimum absolute atomic E-state index is 0.182. The van der Waals surface area contributed by atoms with Gasteiger partial charge >= 0.3 is 0 Å². The summed E-state index contributed by atoms with van der Waals surface area (Å²) in [6.45, 7) is 0.719. The van der Waals surface area contributed by atoms with Gasteiger partial charge in [-0.05, 0) is 24.3 Å².